The summed E-state index contributed by atoms with van der Waals surface area (Å²) in [6.07, 6.45) is 2.44. The molecule has 0 unspecified atom stereocenters. The molecule has 2 aromatic rings. The molecule has 29 heavy (non-hydrogen) atoms. The number of amides is 1. The van der Waals surface area contributed by atoms with Crippen LogP contribution < -0.4 is 10.6 Å². The maximum absolute atomic E-state index is 12.1. The lowest BCUT2D eigenvalue weighted by Crippen LogP contribution is -2.37. The van der Waals surface area contributed by atoms with Crippen molar-refractivity contribution >= 4 is 29.2 Å². The monoisotopic (exact) mass is 419 g/mol. The summed E-state index contributed by atoms with van der Waals surface area (Å²) in [7, 11) is 0. The largest absolute Gasteiger partial charge is 0.463 e. The van der Waals surface area contributed by atoms with Gasteiger partial charge in [-0.05, 0) is 36.2 Å². The minimum Gasteiger partial charge on any atom is -0.463 e. The Balaban J connectivity index is 2.03. The van der Waals surface area contributed by atoms with Crippen LogP contribution in [0.4, 0.5) is 5.69 Å². The van der Waals surface area contributed by atoms with Gasteiger partial charge in [-0.3, -0.25) is 14.6 Å². The Kier molecular flexibility index (Phi) is 8.89. The van der Waals surface area contributed by atoms with Crippen molar-refractivity contribution < 1.29 is 19.4 Å². The Morgan fingerprint density at radius 2 is 1.93 bits per heavy atom. The number of anilines is 1. The SMILES string of the molecule is CC[C@H](CO)NC(=O)Cc1ccc(N[C@@H](COC(C)=O)c2ccc(Cl)cn2)cc1. The third-order valence-corrected chi connectivity index (χ3v) is 4.52. The molecule has 3 N–H and O–H groups in total. The van der Waals surface area contributed by atoms with Gasteiger partial charge in [-0.2, -0.15) is 0 Å². The molecule has 1 aromatic carbocycles. The predicted molar refractivity (Wildman–Crippen MR) is 112 cm³/mol. The number of carbonyl (C=O) groups excluding carboxylic acids is 2. The number of aromatic nitrogens is 1. The molecule has 0 fully saturated rings. The van der Waals surface area contributed by atoms with Crippen molar-refractivity contribution in [2.24, 2.45) is 0 Å². The number of aliphatic hydroxyl groups excluding tert-OH is 1. The van der Waals surface area contributed by atoms with E-state index >= 15 is 0 Å². The smallest absolute Gasteiger partial charge is 0.302 e. The zero-order valence-corrected chi connectivity index (χ0v) is 17.3. The molecule has 1 aromatic heterocycles. The van der Waals surface area contributed by atoms with Crippen molar-refractivity contribution in [2.45, 2.75) is 38.8 Å². The molecule has 0 aliphatic rings. The molecule has 0 saturated carbocycles. The number of esters is 1. The summed E-state index contributed by atoms with van der Waals surface area (Å²) < 4.78 is 5.15. The van der Waals surface area contributed by atoms with Crippen LogP contribution in [0, 0.1) is 0 Å². The number of hydrogen-bond acceptors (Lipinski definition) is 6. The number of nitrogens with zero attached hydrogens (tertiary/aromatic N) is 1. The third-order valence-electron chi connectivity index (χ3n) is 4.30. The highest BCUT2D eigenvalue weighted by molar-refractivity contribution is 6.30. The zero-order chi connectivity index (χ0) is 21.2. The first-order valence-corrected chi connectivity index (χ1v) is 9.79. The average molecular weight is 420 g/mol. The zero-order valence-electron chi connectivity index (χ0n) is 16.5. The quantitative estimate of drug-likeness (QED) is 0.512. The standard InChI is InChI=1S/C21H26ClN3O4/c1-3-17(12-26)25-21(28)10-15-4-7-18(8-5-15)24-20(13-29-14(2)27)19-9-6-16(22)11-23-19/h4-9,11,17,20,24,26H,3,10,12-13H2,1-2H3,(H,25,28)/t17-,20+/m1/s1. The van der Waals surface area contributed by atoms with Gasteiger partial charge in [0.05, 0.1) is 29.8 Å². The summed E-state index contributed by atoms with van der Waals surface area (Å²) >= 11 is 5.90. The molecular weight excluding hydrogens is 394 g/mol. The lowest BCUT2D eigenvalue weighted by Gasteiger charge is -2.19. The van der Waals surface area contributed by atoms with E-state index in [0.717, 1.165) is 11.3 Å². The van der Waals surface area contributed by atoms with Crippen LogP contribution in [-0.4, -0.2) is 41.2 Å². The Morgan fingerprint density at radius 3 is 2.48 bits per heavy atom. The number of ether oxygens (including phenoxy) is 1. The van der Waals surface area contributed by atoms with Crippen molar-refractivity contribution in [3.05, 3.63) is 58.9 Å². The van der Waals surface area contributed by atoms with Crippen molar-refractivity contribution in [2.75, 3.05) is 18.5 Å². The van der Waals surface area contributed by atoms with E-state index in [1.807, 2.05) is 31.2 Å². The van der Waals surface area contributed by atoms with Gasteiger partial charge in [-0.25, -0.2) is 0 Å². The van der Waals surface area contributed by atoms with Gasteiger partial charge in [0.2, 0.25) is 5.91 Å². The lowest BCUT2D eigenvalue weighted by molar-refractivity contribution is -0.141. The molecule has 0 aliphatic heterocycles. The highest BCUT2D eigenvalue weighted by Gasteiger charge is 2.15. The summed E-state index contributed by atoms with van der Waals surface area (Å²) in [5.41, 5.74) is 2.33. The summed E-state index contributed by atoms with van der Waals surface area (Å²) in [4.78, 5) is 27.6. The minimum atomic E-state index is -0.375. The van der Waals surface area contributed by atoms with Crippen molar-refractivity contribution in [3.8, 4) is 0 Å². The molecule has 2 rings (SSSR count). The van der Waals surface area contributed by atoms with E-state index in [4.69, 9.17) is 16.3 Å². The van der Waals surface area contributed by atoms with Gasteiger partial charge in [0.25, 0.3) is 0 Å². The average Bonchev–Trinajstić information content (AvgIpc) is 2.71. The molecule has 8 heteroatoms. The van der Waals surface area contributed by atoms with Crippen LogP contribution >= 0.6 is 11.6 Å². The van der Waals surface area contributed by atoms with Crippen LogP contribution in [0.3, 0.4) is 0 Å². The molecule has 0 bridgehead atoms. The first-order valence-electron chi connectivity index (χ1n) is 9.41. The number of hydrogen-bond donors (Lipinski definition) is 3. The summed E-state index contributed by atoms with van der Waals surface area (Å²) in [5, 5.41) is 15.8. The molecular formula is C21H26ClN3O4. The maximum Gasteiger partial charge on any atom is 0.302 e. The van der Waals surface area contributed by atoms with Gasteiger partial charge in [0, 0.05) is 18.8 Å². The Hall–Kier alpha value is -2.64. The van der Waals surface area contributed by atoms with Gasteiger partial charge in [0.15, 0.2) is 0 Å². The molecule has 156 valence electrons. The van der Waals surface area contributed by atoms with E-state index < -0.39 is 0 Å². The van der Waals surface area contributed by atoms with Crippen LogP contribution in [-0.2, 0) is 20.7 Å². The summed E-state index contributed by atoms with van der Waals surface area (Å²) in [6.45, 7) is 3.30. The van der Waals surface area contributed by atoms with E-state index in [2.05, 4.69) is 15.6 Å². The Morgan fingerprint density at radius 1 is 1.21 bits per heavy atom. The first kappa shape index (κ1) is 22.6. The molecule has 1 amide bonds. The van der Waals surface area contributed by atoms with E-state index in [9.17, 15) is 14.7 Å². The Bertz CT molecular complexity index is 793. The fraction of sp³-hybridized carbons (Fsp3) is 0.381. The number of pyridine rings is 1. The van der Waals surface area contributed by atoms with Crippen LogP contribution in [0.2, 0.25) is 5.02 Å². The second-order valence-corrected chi connectivity index (χ2v) is 7.07. The summed E-state index contributed by atoms with van der Waals surface area (Å²) in [5.74, 6) is -0.509. The molecule has 0 saturated heterocycles. The van der Waals surface area contributed by atoms with E-state index in [0.29, 0.717) is 17.1 Å². The third kappa shape index (κ3) is 7.71. The van der Waals surface area contributed by atoms with E-state index in [1.54, 1.807) is 12.1 Å². The fourth-order valence-electron chi connectivity index (χ4n) is 2.66. The summed E-state index contributed by atoms with van der Waals surface area (Å²) in [6, 6.07) is 10.3. The number of benzene rings is 1. The van der Waals surface area contributed by atoms with Crippen molar-refractivity contribution in [3.63, 3.8) is 0 Å². The molecule has 0 aliphatic carbocycles. The lowest BCUT2D eigenvalue weighted by atomic mass is 10.1. The first-order chi connectivity index (χ1) is 13.9. The van der Waals surface area contributed by atoms with Crippen LogP contribution in [0.25, 0.3) is 0 Å². The number of nitrogens with one attached hydrogen (secondary N) is 2. The van der Waals surface area contributed by atoms with E-state index in [1.165, 1.54) is 13.1 Å². The second kappa shape index (κ2) is 11.4. The molecule has 1 heterocycles. The molecule has 0 radical (unpaired) electrons. The van der Waals surface area contributed by atoms with Crippen molar-refractivity contribution in [1.82, 2.24) is 10.3 Å². The highest BCUT2D eigenvalue weighted by Crippen LogP contribution is 2.20. The molecule has 7 nitrogen and oxygen atoms in total. The van der Waals surface area contributed by atoms with E-state index in [-0.39, 0.29) is 43.6 Å². The highest BCUT2D eigenvalue weighted by atomic mass is 35.5. The minimum absolute atomic E-state index is 0.0758. The van der Waals surface area contributed by atoms with Gasteiger partial charge in [-0.15, -0.1) is 0 Å². The number of carbonyl (C=O) groups is 2. The van der Waals surface area contributed by atoms with Gasteiger partial charge < -0.3 is 20.5 Å². The second-order valence-electron chi connectivity index (χ2n) is 6.63. The predicted octanol–water partition coefficient (Wildman–Crippen LogP) is 2.88. The normalized spacial score (nSPS) is 12.7. The Labute approximate surface area is 175 Å². The maximum atomic E-state index is 12.1. The fourth-order valence-corrected chi connectivity index (χ4v) is 2.77. The van der Waals surface area contributed by atoms with Crippen LogP contribution in [0.1, 0.15) is 37.6 Å². The van der Waals surface area contributed by atoms with Gasteiger partial charge in [-0.1, -0.05) is 30.7 Å². The topological polar surface area (TPSA) is 101 Å². The number of aliphatic hydroxyl groups is 1. The van der Waals surface area contributed by atoms with Crippen LogP contribution in [0.5, 0.6) is 0 Å². The van der Waals surface area contributed by atoms with Crippen molar-refractivity contribution in [1.29, 1.82) is 0 Å². The number of halogens is 1. The number of rotatable bonds is 10. The molecule has 2 atom stereocenters. The van der Waals surface area contributed by atoms with Crippen LogP contribution in [0.15, 0.2) is 42.6 Å². The van der Waals surface area contributed by atoms with Gasteiger partial charge >= 0.3 is 5.97 Å². The van der Waals surface area contributed by atoms with Gasteiger partial charge in [0.1, 0.15) is 12.6 Å². The molecule has 0 spiro atoms.